The van der Waals surface area contributed by atoms with Gasteiger partial charge in [-0.05, 0) is 39.8 Å². The average Bonchev–Trinajstić information content (AvgIpc) is 3.08. The highest BCUT2D eigenvalue weighted by atomic mass is 28.3. The van der Waals surface area contributed by atoms with Crippen LogP contribution < -0.4 is 5.46 Å². The molecule has 0 aromatic carbocycles. The molecule has 3 rings (SSSR count). The zero-order valence-electron chi connectivity index (χ0n) is 21.4. The summed E-state index contributed by atoms with van der Waals surface area (Å²) in [6.45, 7) is 23.1. The Kier molecular flexibility index (Phi) is 6.87. The van der Waals surface area contributed by atoms with Gasteiger partial charge in [-0.15, -0.1) is 5.54 Å². The lowest BCUT2D eigenvalue weighted by atomic mass is 9.80. The van der Waals surface area contributed by atoms with Crippen LogP contribution in [0.1, 0.15) is 33.4 Å². The summed E-state index contributed by atoms with van der Waals surface area (Å²) in [6, 6.07) is 3.18. The van der Waals surface area contributed by atoms with Gasteiger partial charge in [0.15, 0.2) is 5.65 Å². The van der Waals surface area contributed by atoms with Gasteiger partial charge in [0.05, 0.1) is 16.6 Å². The van der Waals surface area contributed by atoms with Crippen LogP contribution in [0.25, 0.3) is 11.0 Å². The molecule has 2 aromatic rings. The van der Waals surface area contributed by atoms with Crippen LogP contribution in [0.2, 0.25) is 45.3 Å². The molecule has 174 valence electrons. The molecular formula is C23H38BN3O3Si2. The van der Waals surface area contributed by atoms with E-state index in [-0.39, 0.29) is 0 Å². The Morgan fingerprint density at radius 2 is 1.69 bits per heavy atom. The summed E-state index contributed by atoms with van der Waals surface area (Å²) in [5.41, 5.74) is 5.03. The van der Waals surface area contributed by atoms with Gasteiger partial charge in [0.2, 0.25) is 0 Å². The van der Waals surface area contributed by atoms with Gasteiger partial charge in [-0.3, -0.25) is 0 Å². The highest BCUT2D eigenvalue weighted by Crippen LogP contribution is 2.36. The van der Waals surface area contributed by atoms with Gasteiger partial charge in [0.1, 0.15) is 20.5 Å². The maximum absolute atomic E-state index is 6.23. The third kappa shape index (κ3) is 5.91. The minimum absolute atomic E-state index is 0.373. The molecule has 0 unspecified atom stereocenters. The number of ether oxygens (including phenoxy) is 1. The predicted octanol–water partition coefficient (Wildman–Crippen LogP) is 4.27. The smallest absolute Gasteiger partial charge is 0.399 e. The minimum Gasteiger partial charge on any atom is -0.399 e. The Morgan fingerprint density at radius 1 is 1.06 bits per heavy atom. The first-order valence-electron chi connectivity index (χ1n) is 11.4. The molecule has 0 atom stereocenters. The molecule has 1 saturated heterocycles. The van der Waals surface area contributed by atoms with Gasteiger partial charge in [0, 0.05) is 26.3 Å². The van der Waals surface area contributed by atoms with Crippen molar-refractivity contribution < 1.29 is 14.0 Å². The molecular weight excluding hydrogens is 433 g/mol. The predicted molar refractivity (Wildman–Crippen MR) is 138 cm³/mol. The van der Waals surface area contributed by atoms with Crippen LogP contribution in [0.5, 0.6) is 0 Å². The molecule has 0 N–H and O–H groups in total. The monoisotopic (exact) mass is 471 g/mol. The quantitative estimate of drug-likeness (QED) is 0.358. The zero-order chi connectivity index (χ0) is 23.9. The molecule has 0 bridgehead atoms. The van der Waals surface area contributed by atoms with E-state index in [4.69, 9.17) is 24.1 Å². The fourth-order valence-electron chi connectivity index (χ4n) is 3.14. The maximum atomic E-state index is 6.23. The number of nitrogens with zero attached hydrogens (tertiary/aromatic N) is 3. The molecule has 0 aliphatic carbocycles. The van der Waals surface area contributed by atoms with Gasteiger partial charge in [-0.2, -0.15) is 5.10 Å². The fraction of sp³-hybridized carbons (Fsp3) is 0.652. The van der Waals surface area contributed by atoms with Crippen molar-refractivity contribution >= 4 is 39.8 Å². The standard InChI is InChI=1S/C23H38BN3O3Si2/c1-22(2)23(3,4)30-24(29-22)18-15-19-20(11-13-31(5,6)7)26-27(21(19)25-16-18)17-28-12-14-32(8,9)10/h15-16H,12,14,17H2,1-10H3. The molecule has 0 spiro atoms. The van der Waals surface area contributed by atoms with Crippen LogP contribution in [-0.2, 0) is 20.8 Å². The maximum Gasteiger partial charge on any atom is 0.496 e. The topological polar surface area (TPSA) is 58.4 Å². The van der Waals surface area contributed by atoms with Crippen molar-refractivity contribution in [3.05, 3.63) is 18.0 Å². The van der Waals surface area contributed by atoms with Gasteiger partial charge in [-0.1, -0.05) is 45.2 Å². The Balaban J connectivity index is 1.94. The van der Waals surface area contributed by atoms with Crippen molar-refractivity contribution in [1.29, 1.82) is 0 Å². The van der Waals surface area contributed by atoms with E-state index >= 15 is 0 Å². The highest BCUT2D eigenvalue weighted by Gasteiger charge is 2.51. The number of hydrogen-bond donors (Lipinski definition) is 0. The zero-order valence-corrected chi connectivity index (χ0v) is 23.4. The molecule has 1 aliphatic heterocycles. The van der Waals surface area contributed by atoms with Crippen LogP contribution in [0.15, 0.2) is 12.3 Å². The lowest BCUT2D eigenvalue weighted by Crippen LogP contribution is -2.41. The lowest BCUT2D eigenvalue weighted by molar-refractivity contribution is 0.00578. The average molecular weight is 472 g/mol. The van der Waals surface area contributed by atoms with E-state index in [0.29, 0.717) is 6.73 Å². The number of rotatable bonds is 6. The van der Waals surface area contributed by atoms with Crippen molar-refractivity contribution in [2.45, 2.75) is 91.0 Å². The highest BCUT2D eigenvalue weighted by molar-refractivity contribution is 6.83. The molecule has 32 heavy (non-hydrogen) atoms. The summed E-state index contributed by atoms with van der Waals surface area (Å²) in [7, 11) is -3.16. The Labute approximate surface area is 195 Å². The van der Waals surface area contributed by atoms with Crippen LogP contribution in [0, 0.1) is 11.5 Å². The van der Waals surface area contributed by atoms with E-state index in [0.717, 1.165) is 34.8 Å². The molecule has 0 amide bonds. The Morgan fingerprint density at radius 3 is 2.25 bits per heavy atom. The largest absolute Gasteiger partial charge is 0.496 e. The van der Waals surface area contributed by atoms with E-state index in [9.17, 15) is 0 Å². The van der Waals surface area contributed by atoms with Crippen LogP contribution in [0.4, 0.5) is 0 Å². The van der Waals surface area contributed by atoms with Crippen LogP contribution >= 0.6 is 0 Å². The first-order valence-corrected chi connectivity index (χ1v) is 18.6. The second kappa shape index (κ2) is 8.73. The van der Waals surface area contributed by atoms with Gasteiger partial charge in [-0.25, -0.2) is 9.67 Å². The lowest BCUT2D eigenvalue weighted by Gasteiger charge is -2.32. The summed E-state index contributed by atoms with van der Waals surface area (Å²) in [6.07, 6.45) is 1.82. The third-order valence-corrected chi connectivity index (χ3v) is 8.48. The van der Waals surface area contributed by atoms with Crippen molar-refractivity contribution in [2.75, 3.05) is 6.61 Å². The number of pyridine rings is 1. The number of hydrogen-bond acceptors (Lipinski definition) is 5. The van der Waals surface area contributed by atoms with E-state index in [1.807, 2.05) is 10.9 Å². The Hall–Kier alpha value is -1.44. The number of fused-ring (bicyclic) bond motifs is 1. The second-order valence-electron chi connectivity index (χ2n) is 11.9. The summed E-state index contributed by atoms with van der Waals surface area (Å²) < 4.78 is 20.2. The molecule has 0 radical (unpaired) electrons. The first-order chi connectivity index (χ1) is 14.6. The Bertz CT molecular complexity index is 1030. The molecule has 9 heteroatoms. The first kappa shape index (κ1) is 25.2. The van der Waals surface area contributed by atoms with Crippen molar-refractivity contribution in [1.82, 2.24) is 14.8 Å². The third-order valence-electron chi connectivity index (χ3n) is 5.90. The van der Waals surface area contributed by atoms with Crippen LogP contribution in [-0.4, -0.2) is 55.8 Å². The number of aromatic nitrogens is 3. The van der Waals surface area contributed by atoms with E-state index in [1.54, 1.807) is 0 Å². The minimum atomic E-state index is -1.55. The van der Waals surface area contributed by atoms with E-state index in [2.05, 4.69) is 84.5 Å². The molecule has 6 nitrogen and oxygen atoms in total. The molecule has 0 saturated carbocycles. The van der Waals surface area contributed by atoms with Gasteiger partial charge < -0.3 is 14.0 Å². The van der Waals surface area contributed by atoms with Gasteiger partial charge >= 0.3 is 7.12 Å². The summed E-state index contributed by atoms with van der Waals surface area (Å²) in [4.78, 5) is 4.73. The summed E-state index contributed by atoms with van der Waals surface area (Å²) in [5.74, 6) is 3.32. The van der Waals surface area contributed by atoms with Crippen molar-refractivity contribution in [3.8, 4) is 11.5 Å². The summed E-state index contributed by atoms with van der Waals surface area (Å²) in [5, 5.41) is 5.67. The summed E-state index contributed by atoms with van der Waals surface area (Å²) >= 11 is 0. The normalized spacial score (nSPS) is 18.1. The molecule has 2 aromatic heterocycles. The van der Waals surface area contributed by atoms with E-state index in [1.165, 1.54) is 0 Å². The molecule has 3 heterocycles. The van der Waals surface area contributed by atoms with Crippen LogP contribution in [0.3, 0.4) is 0 Å². The SMILES string of the molecule is CC1(C)OB(c2cnc3c(c2)c(C#C[Si](C)(C)C)nn3COCC[Si](C)(C)C)OC1(C)C. The van der Waals surface area contributed by atoms with E-state index < -0.39 is 34.5 Å². The molecule has 1 aliphatic rings. The fourth-order valence-corrected chi connectivity index (χ4v) is 4.39. The van der Waals surface area contributed by atoms with Crippen molar-refractivity contribution in [3.63, 3.8) is 0 Å². The van der Waals surface area contributed by atoms with Crippen molar-refractivity contribution in [2.24, 2.45) is 0 Å². The molecule has 1 fully saturated rings. The second-order valence-corrected chi connectivity index (χ2v) is 22.3. The van der Waals surface area contributed by atoms with Gasteiger partial charge in [0.25, 0.3) is 0 Å².